The Kier molecular flexibility index (Phi) is 12.8. The molecule has 2 aromatic carbocycles. The van der Waals surface area contributed by atoms with Crippen LogP contribution < -0.4 is 14.9 Å². The molecule has 3 rings (SSSR count). The zero-order chi connectivity index (χ0) is 27.9. The Balaban J connectivity index is 1.75. The Morgan fingerprint density at radius 3 is 2.03 bits per heavy atom. The van der Waals surface area contributed by atoms with Gasteiger partial charge in [0.1, 0.15) is 0 Å². The van der Waals surface area contributed by atoms with Gasteiger partial charge in [-0.2, -0.15) is 9.41 Å². The number of amides is 1. The van der Waals surface area contributed by atoms with Crippen molar-refractivity contribution in [3.8, 4) is 11.5 Å². The van der Waals surface area contributed by atoms with E-state index in [1.165, 1.54) is 75.6 Å². The topological polar surface area (TPSA) is 97.3 Å². The predicted octanol–water partition coefficient (Wildman–Crippen LogP) is 5.71. The first kappa shape index (κ1) is 30.6. The van der Waals surface area contributed by atoms with Crippen molar-refractivity contribution in [1.29, 1.82) is 0 Å². The van der Waals surface area contributed by atoms with Crippen LogP contribution in [-0.4, -0.2) is 51.7 Å². The van der Waals surface area contributed by atoms with Gasteiger partial charge in [-0.1, -0.05) is 75.3 Å². The van der Waals surface area contributed by atoms with Crippen LogP contribution >= 0.6 is 0 Å². The van der Waals surface area contributed by atoms with Gasteiger partial charge in [0.15, 0.2) is 11.5 Å². The summed E-state index contributed by atoms with van der Waals surface area (Å²) in [5, 5.41) is 4.45. The van der Waals surface area contributed by atoms with Crippen molar-refractivity contribution in [1.82, 2.24) is 9.73 Å². The monoisotopic (exact) mass is 557 g/mol. The zero-order valence-corrected chi connectivity index (χ0v) is 24.2. The molecule has 0 spiro atoms. The summed E-state index contributed by atoms with van der Waals surface area (Å²) in [5.74, 6) is 0.281. The van der Waals surface area contributed by atoms with Gasteiger partial charge in [-0.05, 0) is 49.8 Å². The van der Waals surface area contributed by atoms with Crippen LogP contribution in [0, 0.1) is 0 Å². The Labute approximate surface area is 233 Å². The van der Waals surface area contributed by atoms with Crippen LogP contribution in [0.2, 0.25) is 0 Å². The molecule has 0 heterocycles. The molecular formula is C30H43N3O5S. The summed E-state index contributed by atoms with van der Waals surface area (Å²) in [5.41, 5.74) is 4.63. The average molecular weight is 558 g/mol. The van der Waals surface area contributed by atoms with Crippen molar-refractivity contribution in [2.75, 3.05) is 27.3 Å². The van der Waals surface area contributed by atoms with Gasteiger partial charge < -0.3 is 9.47 Å². The first-order valence-electron chi connectivity index (χ1n) is 14.0. The second-order valence-corrected chi connectivity index (χ2v) is 11.9. The third-order valence-corrected chi connectivity index (χ3v) is 8.92. The maximum atomic E-state index is 13.7. The molecule has 1 aliphatic carbocycles. The molecule has 39 heavy (non-hydrogen) atoms. The lowest BCUT2D eigenvalue weighted by molar-refractivity contribution is -0.121. The van der Waals surface area contributed by atoms with Gasteiger partial charge in [-0.25, -0.2) is 13.8 Å². The standard InChI is InChI=1S/C30H43N3O5S/c1-37-28-20-19-27(23-29(28)38-2)39(35,36)33(22-21-25-15-11-10-12-16-25)24-30(34)32-31-26-17-13-8-6-4-3-5-7-9-14-18-26/h10-12,15-16,19-20,23H,3-9,13-14,17-18,21-22,24H2,1-2H3,(H,32,34). The molecule has 8 nitrogen and oxygen atoms in total. The van der Waals surface area contributed by atoms with E-state index in [-0.39, 0.29) is 18.0 Å². The fourth-order valence-corrected chi connectivity index (χ4v) is 6.19. The lowest BCUT2D eigenvalue weighted by Gasteiger charge is -2.22. The number of methoxy groups -OCH3 is 2. The molecule has 1 amide bonds. The first-order chi connectivity index (χ1) is 18.9. The summed E-state index contributed by atoms with van der Waals surface area (Å²) in [7, 11) is -1.06. The van der Waals surface area contributed by atoms with E-state index in [1.54, 1.807) is 6.07 Å². The number of sulfonamides is 1. The zero-order valence-electron chi connectivity index (χ0n) is 23.4. The van der Waals surface area contributed by atoms with Crippen molar-refractivity contribution in [3.63, 3.8) is 0 Å². The number of nitrogens with one attached hydrogen (secondary N) is 1. The van der Waals surface area contributed by atoms with E-state index in [2.05, 4.69) is 10.5 Å². The first-order valence-corrected chi connectivity index (χ1v) is 15.5. The summed E-state index contributed by atoms with van der Waals surface area (Å²) in [6.45, 7) is -0.190. The largest absolute Gasteiger partial charge is 0.493 e. The normalized spacial score (nSPS) is 15.6. The molecule has 0 unspecified atom stereocenters. The minimum Gasteiger partial charge on any atom is -0.493 e. The predicted molar refractivity (Wildman–Crippen MR) is 155 cm³/mol. The lowest BCUT2D eigenvalue weighted by Crippen LogP contribution is -2.40. The fraction of sp³-hybridized carbons (Fsp3) is 0.533. The van der Waals surface area contributed by atoms with Crippen LogP contribution in [0.25, 0.3) is 0 Å². The summed E-state index contributed by atoms with van der Waals surface area (Å²) in [6.07, 6.45) is 13.0. The van der Waals surface area contributed by atoms with Gasteiger partial charge in [0.25, 0.3) is 5.91 Å². The van der Waals surface area contributed by atoms with E-state index in [4.69, 9.17) is 9.47 Å². The number of nitrogens with zero attached hydrogens (tertiary/aromatic N) is 2. The van der Waals surface area contributed by atoms with Gasteiger partial charge in [0.05, 0.1) is 25.7 Å². The van der Waals surface area contributed by atoms with E-state index in [0.29, 0.717) is 17.9 Å². The maximum absolute atomic E-state index is 13.7. The van der Waals surface area contributed by atoms with Crippen molar-refractivity contribution in [3.05, 3.63) is 54.1 Å². The molecule has 1 saturated carbocycles. The number of hydrogen-bond acceptors (Lipinski definition) is 6. The molecule has 9 heteroatoms. The van der Waals surface area contributed by atoms with Crippen molar-refractivity contribution in [2.24, 2.45) is 5.10 Å². The molecule has 0 radical (unpaired) electrons. The highest BCUT2D eigenvalue weighted by Gasteiger charge is 2.28. The third kappa shape index (κ3) is 9.97. The minimum absolute atomic E-state index is 0.0339. The molecule has 1 fully saturated rings. The number of hydrogen-bond donors (Lipinski definition) is 1. The number of hydrazone groups is 1. The molecular weight excluding hydrogens is 514 g/mol. The van der Waals surface area contributed by atoms with Crippen LogP contribution in [0.15, 0.2) is 58.5 Å². The molecule has 2 aromatic rings. The van der Waals surface area contributed by atoms with Crippen molar-refractivity contribution < 1.29 is 22.7 Å². The van der Waals surface area contributed by atoms with Crippen LogP contribution in [0.5, 0.6) is 11.5 Å². The highest BCUT2D eigenvalue weighted by Crippen LogP contribution is 2.30. The van der Waals surface area contributed by atoms with Crippen molar-refractivity contribution in [2.45, 2.75) is 81.9 Å². The summed E-state index contributed by atoms with van der Waals surface area (Å²) >= 11 is 0. The van der Waals surface area contributed by atoms with Gasteiger partial charge in [0, 0.05) is 18.3 Å². The Bertz CT molecular complexity index is 1150. The Hall–Kier alpha value is -2.91. The number of ether oxygens (including phenoxy) is 2. The molecule has 0 aliphatic heterocycles. The van der Waals surface area contributed by atoms with Crippen molar-refractivity contribution >= 4 is 21.6 Å². The van der Waals surface area contributed by atoms with Crippen LogP contribution in [-0.2, 0) is 21.2 Å². The molecule has 0 atom stereocenters. The molecule has 0 bridgehead atoms. The van der Waals surface area contributed by atoms with E-state index in [1.807, 2.05) is 30.3 Å². The maximum Gasteiger partial charge on any atom is 0.255 e. The van der Waals surface area contributed by atoms with Crippen LogP contribution in [0.4, 0.5) is 0 Å². The quantitative estimate of drug-likeness (QED) is 0.377. The second-order valence-electron chi connectivity index (χ2n) is 9.99. The Morgan fingerprint density at radius 1 is 0.846 bits per heavy atom. The second kappa shape index (κ2) is 16.3. The van der Waals surface area contributed by atoms with Gasteiger partial charge >= 0.3 is 0 Å². The number of benzene rings is 2. The molecule has 1 aliphatic rings. The van der Waals surface area contributed by atoms with E-state index in [9.17, 15) is 13.2 Å². The average Bonchev–Trinajstić information content (AvgIpc) is 2.95. The van der Waals surface area contributed by atoms with E-state index < -0.39 is 15.9 Å². The molecule has 214 valence electrons. The highest BCUT2D eigenvalue weighted by atomic mass is 32.2. The van der Waals surface area contributed by atoms with Gasteiger partial charge in [-0.3, -0.25) is 4.79 Å². The lowest BCUT2D eigenvalue weighted by atomic mass is 10.00. The number of carbonyl (C=O) groups excluding carboxylic acids is 1. The number of carbonyl (C=O) groups is 1. The number of rotatable bonds is 10. The smallest absolute Gasteiger partial charge is 0.255 e. The van der Waals surface area contributed by atoms with E-state index in [0.717, 1.165) is 37.0 Å². The van der Waals surface area contributed by atoms with Crippen LogP contribution in [0.1, 0.15) is 76.2 Å². The van der Waals surface area contributed by atoms with Crippen LogP contribution in [0.3, 0.4) is 0 Å². The summed E-state index contributed by atoms with van der Waals surface area (Å²) in [4.78, 5) is 13.1. The molecule has 0 saturated heterocycles. The summed E-state index contributed by atoms with van der Waals surface area (Å²) in [6, 6.07) is 14.1. The minimum atomic E-state index is -4.01. The summed E-state index contributed by atoms with van der Waals surface area (Å²) < 4.78 is 39.2. The van der Waals surface area contributed by atoms with Gasteiger partial charge in [0.2, 0.25) is 10.0 Å². The fourth-order valence-electron chi connectivity index (χ4n) is 4.78. The molecule has 1 N–H and O–H groups in total. The molecule has 0 aromatic heterocycles. The van der Waals surface area contributed by atoms with E-state index >= 15 is 0 Å². The SMILES string of the molecule is COc1ccc(S(=O)(=O)N(CCc2ccccc2)CC(=O)NN=C2CCCCCCCCCCC2)cc1OC. The third-order valence-electron chi connectivity index (χ3n) is 7.07. The Morgan fingerprint density at radius 2 is 1.44 bits per heavy atom. The highest BCUT2D eigenvalue weighted by molar-refractivity contribution is 7.89. The van der Waals surface area contributed by atoms with Gasteiger partial charge in [-0.15, -0.1) is 0 Å².